The van der Waals surface area contributed by atoms with Gasteiger partial charge in [0.15, 0.2) is 0 Å². The zero-order valence-corrected chi connectivity index (χ0v) is 13.7. The molecule has 2 aromatic rings. The first-order valence-electron chi connectivity index (χ1n) is 8.11. The standard InChI is InChI=1S/C17H22N4O3/c1-20-10-7-18-16(20)15(22)12-5-8-21(9-6-12)11-13-3-2-4-14(19-13)17(23)24/h2-4,7,10,12,15,22H,5-6,8-9,11H2,1H3,(H,23,24). The van der Waals surface area contributed by atoms with Crippen molar-refractivity contribution >= 4 is 5.97 Å². The molecule has 128 valence electrons. The molecule has 1 atom stereocenters. The van der Waals surface area contributed by atoms with Gasteiger partial charge in [0.1, 0.15) is 17.6 Å². The molecule has 2 N–H and O–H groups in total. The predicted octanol–water partition coefficient (Wildman–Crippen LogP) is 1.46. The van der Waals surface area contributed by atoms with Crippen LogP contribution in [0.4, 0.5) is 0 Å². The van der Waals surface area contributed by atoms with E-state index in [2.05, 4.69) is 14.9 Å². The van der Waals surface area contributed by atoms with Crippen LogP contribution in [0, 0.1) is 5.92 Å². The molecule has 7 nitrogen and oxygen atoms in total. The number of pyridine rings is 1. The van der Waals surface area contributed by atoms with E-state index in [0.717, 1.165) is 31.6 Å². The zero-order valence-electron chi connectivity index (χ0n) is 13.7. The minimum Gasteiger partial charge on any atom is -0.477 e. The molecule has 0 radical (unpaired) electrons. The molecule has 0 aromatic carbocycles. The topological polar surface area (TPSA) is 91.5 Å². The third-order valence-electron chi connectivity index (χ3n) is 4.61. The van der Waals surface area contributed by atoms with Gasteiger partial charge in [-0.1, -0.05) is 6.07 Å². The van der Waals surface area contributed by atoms with E-state index < -0.39 is 12.1 Å². The van der Waals surface area contributed by atoms with E-state index in [4.69, 9.17) is 5.11 Å². The highest BCUT2D eigenvalue weighted by Crippen LogP contribution is 2.30. The Balaban J connectivity index is 1.56. The van der Waals surface area contributed by atoms with E-state index in [0.29, 0.717) is 12.4 Å². The fourth-order valence-electron chi connectivity index (χ4n) is 3.22. The van der Waals surface area contributed by atoms with Crippen LogP contribution in [0.2, 0.25) is 0 Å². The van der Waals surface area contributed by atoms with Gasteiger partial charge in [-0.3, -0.25) is 4.90 Å². The quantitative estimate of drug-likeness (QED) is 0.862. The van der Waals surface area contributed by atoms with Crippen LogP contribution in [0.25, 0.3) is 0 Å². The second-order valence-corrected chi connectivity index (χ2v) is 6.27. The Hall–Kier alpha value is -2.25. The van der Waals surface area contributed by atoms with Gasteiger partial charge in [-0.2, -0.15) is 0 Å². The van der Waals surface area contributed by atoms with Crippen molar-refractivity contribution in [2.75, 3.05) is 13.1 Å². The lowest BCUT2D eigenvalue weighted by atomic mass is 9.90. The molecule has 0 saturated carbocycles. The fraction of sp³-hybridized carbons (Fsp3) is 0.471. The summed E-state index contributed by atoms with van der Waals surface area (Å²) in [4.78, 5) is 21.6. The van der Waals surface area contributed by atoms with E-state index in [1.807, 2.05) is 23.9 Å². The highest BCUT2D eigenvalue weighted by atomic mass is 16.4. The molecule has 24 heavy (non-hydrogen) atoms. The van der Waals surface area contributed by atoms with Gasteiger partial charge in [0.05, 0.1) is 5.69 Å². The summed E-state index contributed by atoms with van der Waals surface area (Å²) in [6.07, 6.45) is 4.77. The fourth-order valence-corrected chi connectivity index (χ4v) is 3.22. The van der Waals surface area contributed by atoms with Crippen molar-refractivity contribution < 1.29 is 15.0 Å². The molecule has 0 bridgehead atoms. The van der Waals surface area contributed by atoms with Crippen LogP contribution in [0.5, 0.6) is 0 Å². The number of imidazole rings is 1. The summed E-state index contributed by atoms with van der Waals surface area (Å²) in [6.45, 7) is 2.34. The maximum Gasteiger partial charge on any atom is 0.354 e. The van der Waals surface area contributed by atoms with E-state index in [1.54, 1.807) is 12.3 Å². The summed E-state index contributed by atoms with van der Waals surface area (Å²) in [5.41, 5.74) is 0.839. The Morgan fingerprint density at radius 3 is 2.75 bits per heavy atom. The van der Waals surface area contributed by atoms with Crippen LogP contribution in [0.1, 0.15) is 41.0 Å². The van der Waals surface area contributed by atoms with Crippen molar-refractivity contribution in [2.24, 2.45) is 13.0 Å². The van der Waals surface area contributed by atoms with Crippen molar-refractivity contribution in [1.82, 2.24) is 19.4 Å². The number of carboxylic acids is 1. The Bertz CT molecular complexity index is 707. The van der Waals surface area contributed by atoms with Gasteiger partial charge >= 0.3 is 5.97 Å². The molecule has 3 heterocycles. The number of hydrogen-bond acceptors (Lipinski definition) is 5. The van der Waals surface area contributed by atoms with Crippen molar-refractivity contribution in [3.05, 3.63) is 47.8 Å². The second kappa shape index (κ2) is 7.11. The molecular formula is C17H22N4O3. The number of likely N-dealkylation sites (tertiary alicyclic amines) is 1. The van der Waals surface area contributed by atoms with Crippen LogP contribution in [-0.4, -0.2) is 48.7 Å². The molecule has 3 rings (SSSR count). The molecule has 1 aliphatic heterocycles. The molecular weight excluding hydrogens is 308 g/mol. The van der Waals surface area contributed by atoms with Gasteiger partial charge in [0.2, 0.25) is 0 Å². The van der Waals surface area contributed by atoms with E-state index >= 15 is 0 Å². The molecule has 2 aromatic heterocycles. The number of aliphatic hydroxyl groups excluding tert-OH is 1. The average molecular weight is 330 g/mol. The Morgan fingerprint density at radius 2 is 2.12 bits per heavy atom. The predicted molar refractivity (Wildman–Crippen MR) is 87.4 cm³/mol. The maximum atomic E-state index is 11.0. The molecule has 1 aliphatic rings. The highest BCUT2D eigenvalue weighted by Gasteiger charge is 2.28. The number of aromatic carboxylic acids is 1. The first-order valence-corrected chi connectivity index (χ1v) is 8.11. The number of carboxylic acid groups (broad SMARTS) is 1. The molecule has 1 unspecified atom stereocenters. The zero-order chi connectivity index (χ0) is 17.1. The van der Waals surface area contributed by atoms with Crippen molar-refractivity contribution in [1.29, 1.82) is 0 Å². The number of carbonyl (C=O) groups is 1. The van der Waals surface area contributed by atoms with Crippen molar-refractivity contribution in [3.63, 3.8) is 0 Å². The number of aliphatic hydroxyl groups is 1. The minimum absolute atomic E-state index is 0.0765. The van der Waals surface area contributed by atoms with Gasteiger partial charge in [-0.05, 0) is 44.0 Å². The summed E-state index contributed by atoms with van der Waals surface area (Å²) in [7, 11) is 1.89. The number of piperidine rings is 1. The number of hydrogen-bond donors (Lipinski definition) is 2. The van der Waals surface area contributed by atoms with Crippen LogP contribution in [0.3, 0.4) is 0 Å². The lowest BCUT2D eigenvalue weighted by Crippen LogP contribution is -2.36. The Kier molecular flexibility index (Phi) is 4.92. The Morgan fingerprint density at radius 1 is 1.38 bits per heavy atom. The van der Waals surface area contributed by atoms with Crippen molar-refractivity contribution in [3.8, 4) is 0 Å². The summed E-state index contributed by atoms with van der Waals surface area (Å²) in [5.74, 6) is -0.0984. The lowest BCUT2D eigenvalue weighted by molar-refractivity contribution is 0.0488. The average Bonchev–Trinajstić information content (AvgIpc) is 3.01. The smallest absolute Gasteiger partial charge is 0.354 e. The summed E-state index contributed by atoms with van der Waals surface area (Å²) in [5, 5.41) is 19.5. The lowest BCUT2D eigenvalue weighted by Gasteiger charge is -2.33. The minimum atomic E-state index is -1.01. The third kappa shape index (κ3) is 3.63. The molecule has 0 spiro atoms. The monoisotopic (exact) mass is 330 g/mol. The second-order valence-electron chi connectivity index (χ2n) is 6.27. The molecule has 1 fully saturated rings. The van der Waals surface area contributed by atoms with E-state index in [-0.39, 0.29) is 11.6 Å². The van der Waals surface area contributed by atoms with Crippen LogP contribution < -0.4 is 0 Å². The first kappa shape index (κ1) is 16.6. The van der Waals surface area contributed by atoms with Crippen molar-refractivity contribution in [2.45, 2.75) is 25.5 Å². The number of nitrogens with zero attached hydrogens (tertiary/aromatic N) is 4. The molecule has 0 amide bonds. The van der Waals surface area contributed by atoms with Gasteiger partial charge in [0.25, 0.3) is 0 Å². The maximum absolute atomic E-state index is 11.0. The van der Waals surface area contributed by atoms with Gasteiger partial charge in [0, 0.05) is 26.0 Å². The number of aryl methyl sites for hydroxylation is 1. The van der Waals surface area contributed by atoms with Gasteiger partial charge < -0.3 is 14.8 Å². The summed E-state index contributed by atoms with van der Waals surface area (Å²) in [6, 6.07) is 5.08. The van der Waals surface area contributed by atoms with Crippen LogP contribution in [-0.2, 0) is 13.6 Å². The number of rotatable bonds is 5. The van der Waals surface area contributed by atoms with E-state index in [1.165, 1.54) is 6.07 Å². The Labute approximate surface area is 140 Å². The normalized spacial score (nSPS) is 17.8. The third-order valence-corrected chi connectivity index (χ3v) is 4.61. The van der Waals surface area contributed by atoms with E-state index in [9.17, 15) is 9.90 Å². The molecule has 7 heteroatoms. The molecule has 1 saturated heterocycles. The molecule has 0 aliphatic carbocycles. The van der Waals surface area contributed by atoms with Crippen LogP contribution >= 0.6 is 0 Å². The van der Waals surface area contributed by atoms with Gasteiger partial charge in [-0.25, -0.2) is 14.8 Å². The summed E-state index contributed by atoms with van der Waals surface area (Å²) >= 11 is 0. The number of aromatic nitrogens is 3. The highest BCUT2D eigenvalue weighted by molar-refractivity contribution is 5.85. The van der Waals surface area contributed by atoms with Gasteiger partial charge in [-0.15, -0.1) is 0 Å². The van der Waals surface area contributed by atoms with Crippen LogP contribution in [0.15, 0.2) is 30.6 Å². The largest absolute Gasteiger partial charge is 0.477 e. The first-order chi connectivity index (χ1) is 11.5. The SMILES string of the molecule is Cn1ccnc1C(O)C1CCN(Cc2cccc(C(=O)O)n2)CC1. The summed E-state index contributed by atoms with van der Waals surface area (Å²) < 4.78 is 1.86.